The largest absolute Gasteiger partial charge is 0.457 e. The molecule has 0 aromatic heterocycles. The van der Waals surface area contributed by atoms with Crippen molar-refractivity contribution in [1.82, 2.24) is 10.6 Å². The SMILES string of the molecule is CCN(Cc1ccccc1)c1ccc([C@H]2NC(=O)NC(C)=C2C(=O)OCc2ccccc2)cc1. The average molecular weight is 456 g/mol. The Balaban J connectivity index is 1.53. The molecule has 1 aliphatic rings. The minimum absolute atomic E-state index is 0.168. The third-order valence-corrected chi connectivity index (χ3v) is 5.89. The van der Waals surface area contributed by atoms with E-state index in [1.54, 1.807) is 6.92 Å². The van der Waals surface area contributed by atoms with Gasteiger partial charge >= 0.3 is 12.0 Å². The van der Waals surface area contributed by atoms with Crippen LogP contribution in [0.2, 0.25) is 0 Å². The molecule has 3 aromatic carbocycles. The monoisotopic (exact) mass is 455 g/mol. The number of carbonyl (C=O) groups excluding carboxylic acids is 2. The van der Waals surface area contributed by atoms with Crippen LogP contribution >= 0.6 is 0 Å². The van der Waals surface area contributed by atoms with Crippen LogP contribution in [0.3, 0.4) is 0 Å². The number of hydrogen-bond acceptors (Lipinski definition) is 4. The highest BCUT2D eigenvalue weighted by atomic mass is 16.5. The maximum Gasteiger partial charge on any atom is 0.338 e. The lowest BCUT2D eigenvalue weighted by atomic mass is 9.95. The second-order valence-electron chi connectivity index (χ2n) is 8.22. The highest BCUT2D eigenvalue weighted by Gasteiger charge is 2.32. The summed E-state index contributed by atoms with van der Waals surface area (Å²) >= 11 is 0. The van der Waals surface area contributed by atoms with Crippen molar-refractivity contribution < 1.29 is 14.3 Å². The molecule has 6 nitrogen and oxygen atoms in total. The number of hydrogen-bond donors (Lipinski definition) is 2. The summed E-state index contributed by atoms with van der Waals surface area (Å²) in [6, 6.07) is 26.9. The summed E-state index contributed by atoms with van der Waals surface area (Å²) in [5, 5.41) is 5.57. The molecule has 0 aliphatic carbocycles. The van der Waals surface area contributed by atoms with Crippen LogP contribution < -0.4 is 15.5 Å². The molecule has 4 rings (SSSR count). The molecule has 0 fully saturated rings. The fraction of sp³-hybridized carbons (Fsp3) is 0.214. The third-order valence-electron chi connectivity index (χ3n) is 5.89. The average Bonchev–Trinajstić information content (AvgIpc) is 2.87. The zero-order chi connectivity index (χ0) is 23.9. The Labute approximate surface area is 200 Å². The molecule has 6 heteroatoms. The highest BCUT2D eigenvalue weighted by molar-refractivity contribution is 5.95. The lowest BCUT2D eigenvalue weighted by Crippen LogP contribution is -2.45. The van der Waals surface area contributed by atoms with Gasteiger partial charge in [-0.25, -0.2) is 9.59 Å². The van der Waals surface area contributed by atoms with Gasteiger partial charge in [0.05, 0.1) is 11.6 Å². The Morgan fingerprint density at radius 2 is 1.53 bits per heavy atom. The Kier molecular flexibility index (Phi) is 7.28. The molecular weight excluding hydrogens is 426 g/mol. The van der Waals surface area contributed by atoms with Crippen LogP contribution in [0.15, 0.2) is 96.2 Å². The first kappa shape index (κ1) is 23.1. The lowest BCUT2D eigenvalue weighted by molar-refractivity contribution is -0.140. The number of nitrogens with one attached hydrogen (secondary N) is 2. The first-order chi connectivity index (χ1) is 16.5. The van der Waals surface area contributed by atoms with E-state index in [4.69, 9.17) is 4.74 Å². The molecule has 2 N–H and O–H groups in total. The van der Waals surface area contributed by atoms with Crippen molar-refractivity contribution in [3.05, 3.63) is 113 Å². The number of amides is 2. The number of anilines is 1. The number of benzene rings is 3. The number of nitrogens with zero attached hydrogens (tertiary/aromatic N) is 1. The minimum atomic E-state index is -0.588. The predicted molar refractivity (Wildman–Crippen MR) is 133 cm³/mol. The second-order valence-corrected chi connectivity index (χ2v) is 8.22. The van der Waals surface area contributed by atoms with E-state index in [2.05, 4.69) is 34.6 Å². The standard InChI is InChI=1S/C28H29N3O3/c1-3-31(18-21-10-6-4-7-11-21)24-16-14-23(15-17-24)26-25(20(2)29-28(33)30-26)27(32)34-19-22-12-8-5-9-13-22/h4-17,26H,3,18-19H2,1-2H3,(H2,29,30,33)/t26-/m1/s1. The van der Waals surface area contributed by atoms with E-state index in [0.29, 0.717) is 11.3 Å². The van der Waals surface area contributed by atoms with Crippen molar-refractivity contribution in [1.29, 1.82) is 0 Å². The maximum atomic E-state index is 13.0. The molecule has 1 aliphatic heterocycles. The number of esters is 1. The summed E-state index contributed by atoms with van der Waals surface area (Å²) in [4.78, 5) is 27.5. The molecule has 0 bridgehead atoms. The van der Waals surface area contributed by atoms with Crippen molar-refractivity contribution in [2.45, 2.75) is 33.0 Å². The molecule has 174 valence electrons. The smallest absolute Gasteiger partial charge is 0.338 e. The molecule has 1 atom stereocenters. The van der Waals surface area contributed by atoms with E-state index >= 15 is 0 Å². The number of carbonyl (C=O) groups is 2. The zero-order valence-corrected chi connectivity index (χ0v) is 19.5. The first-order valence-corrected chi connectivity index (χ1v) is 11.4. The van der Waals surface area contributed by atoms with Gasteiger partial charge in [0, 0.05) is 24.5 Å². The van der Waals surface area contributed by atoms with Crippen LogP contribution in [-0.2, 0) is 22.7 Å². The van der Waals surface area contributed by atoms with Crippen molar-refractivity contribution in [3.63, 3.8) is 0 Å². The van der Waals surface area contributed by atoms with E-state index < -0.39 is 12.0 Å². The van der Waals surface area contributed by atoms with Gasteiger partial charge in [-0.1, -0.05) is 72.8 Å². The van der Waals surface area contributed by atoms with Gasteiger partial charge < -0.3 is 20.3 Å². The molecule has 2 amide bonds. The zero-order valence-electron chi connectivity index (χ0n) is 19.5. The van der Waals surface area contributed by atoms with Crippen molar-refractivity contribution in [2.75, 3.05) is 11.4 Å². The van der Waals surface area contributed by atoms with Crippen LogP contribution in [-0.4, -0.2) is 18.5 Å². The second kappa shape index (κ2) is 10.7. The van der Waals surface area contributed by atoms with Crippen LogP contribution in [0.4, 0.5) is 10.5 Å². The number of urea groups is 1. The van der Waals surface area contributed by atoms with Crippen molar-refractivity contribution >= 4 is 17.7 Å². The summed E-state index contributed by atoms with van der Waals surface area (Å²) in [5.74, 6) is -0.456. The number of ether oxygens (including phenoxy) is 1. The van der Waals surface area contributed by atoms with Crippen molar-refractivity contribution in [3.8, 4) is 0 Å². The first-order valence-electron chi connectivity index (χ1n) is 11.4. The summed E-state index contributed by atoms with van der Waals surface area (Å²) in [6.07, 6.45) is 0. The highest BCUT2D eigenvalue weighted by Crippen LogP contribution is 2.29. The Hall–Kier alpha value is -4.06. The molecule has 0 saturated carbocycles. The van der Waals surface area contributed by atoms with Crippen LogP contribution in [0.25, 0.3) is 0 Å². The summed E-state index contributed by atoms with van der Waals surface area (Å²) < 4.78 is 5.57. The number of allylic oxidation sites excluding steroid dienone is 1. The van der Waals surface area contributed by atoms with Crippen LogP contribution in [0.1, 0.15) is 36.6 Å². The van der Waals surface area contributed by atoms with Gasteiger partial charge in [0.15, 0.2) is 0 Å². The molecule has 34 heavy (non-hydrogen) atoms. The Morgan fingerprint density at radius 3 is 2.15 bits per heavy atom. The van der Waals surface area contributed by atoms with Gasteiger partial charge in [-0.15, -0.1) is 0 Å². The Morgan fingerprint density at radius 1 is 0.912 bits per heavy atom. The third kappa shape index (κ3) is 5.46. The Bertz CT molecular complexity index is 1160. The van der Waals surface area contributed by atoms with E-state index in [1.165, 1.54) is 5.56 Å². The molecular formula is C28H29N3O3. The predicted octanol–water partition coefficient (Wildman–Crippen LogP) is 5.08. The van der Waals surface area contributed by atoms with Crippen LogP contribution in [0.5, 0.6) is 0 Å². The van der Waals surface area contributed by atoms with Gasteiger partial charge in [0.2, 0.25) is 0 Å². The molecule has 3 aromatic rings. The maximum absolute atomic E-state index is 13.0. The van der Waals surface area contributed by atoms with Gasteiger partial charge in [0.25, 0.3) is 0 Å². The normalized spacial score (nSPS) is 15.4. The van der Waals surface area contributed by atoms with Gasteiger partial charge in [-0.05, 0) is 42.7 Å². The van der Waals surface area contributed by atoms with E-state index in [-0.39, 0.29) is 12.6 Å². The fourth-order valence-corrected chi connectivity index (χ4v) is 4.08. The van der Waals surface area contributed by atoms with E-state index in [1.807, 2.05) is 72.8 Å². The van der Waals surface area contributed by atoms with E-state index in [0.717, 1.165) is 29.9 Å². The lowest BCUT2D eigenvalue weighted by Gasteiger charge is -2.29. The summed E-state index contributed by atoms with van der Waals surface area (Å²) in [5.41, 5.74) is 4.93. The molecule has 1 heterocycles. The van der Waals surface area contributed by atoms with Gasteiger partial charge in [-0.3, -0.25) is 0 Å². The summed E-state index contributed by atoms with van der Waals surface area (Å²) in [7, 11) is 0. The molecule has 0 saturated heterocycles. The van der Waals surface area contributed by atoms with Gasteiger partial charge in [0.1, 0.15) is 6.61 Å². The molecule has 0 spiro atoms. The topological polar surface area (TPSA) is 70.7 Å². The van der Waals surface area contributed by atoms with Crippen molar-refractivity contribution in [2.24, 2.45) is 0 Å². The van der Waals surface area contributed by atoms with Gasteiger partial charge in [-0.2, -0.15) is 0 Å². The molecule has 0 radical (unpaired) electrons. The fourth-order valence-electron chi connectivity index (χ4n) is 4.08. The quantitative estimate of drug-likeness (QED) is 0.465. The van der Waals surface area contributed by atoms with Crippen LogP contribution in [0, 0.1) is 0 Å². The van der Waals surface area contributed by atoms with E-state index in [9.17, 15) is 9.59 Å². The molecule has 0 unspecified atom stereocenters. The number of rotatable bonds is 8. The summed E-state index contributed by atoms with van der Waals surface area (Å²) in [6.45, 7) is 5.67. The minimum Gasteiger partial charge on any atom is -0.457 e.